The van der Waals surface area contributed by atoms with Gasteiger partial charge in [0.05, 0.1) is 11.4 Å². The normalized spacial score (nSPS) is 13.1. The molecule has 20 heavy (non-hydrogen) atoms. The Balaban J connectivity index is 1.96. The molecule has 0 bridgehead atoms. The zero-order chi connectivity index (χ0) is 14.1. The predicted molar refractivity (Wildman–Crippen MR) is 81.3 cm³/mol. The molecule has 0 spiro atoms. The van der Waals surface area contributed by atoms with E-state index in [1.807, 2.05) is 31.2 Å². The molecule has 0 saturated carbocycles. The van der Waals surface area contributed by atoms with Crippen LogP contribution < -0.4 is 20.5 Å². The molecule has 2 aromatic carbocycles. The minimum atomic E-state index is 0.548. The first-order chi connectivity index (χ1) is 9.63. The molecule has 0 aliphatic carbocycles. The highest BCUT2D eigenvalue weighted by Crippen LogP contribution is 2.38. The van der Waals surface area contributed by atoms with Gasteiger partial charge in [-0.3, -0.25) is 0 Å². The van der Waals surface area contributed by atoms with E-state index in [2.05, 4.69) is 5.32 Å². The summed E-state index contributed by atoms with van der Waals surface area (Å²) in [5, 5.41) is 3.96. The van der Waals surface area contributed by atoms with E-state index in [9.17, 15) is 0 Å². The second-order valence-corrected chi connectivity index (χ2v) is 5.10. The summed E-state index contributed by atoms with van der Waals surface area (Å²) in [6.07, 6.45) is 0. The third-order valence-corrected chi connectivity index (χ3v) is 3.42. The molecule has 104 valence electrons. The Bertz CT molecular complexity index is 659. The Kier molecular flexibility index (Phi) is 3.32. The lowest BCUT2D eigenvalue weighted by Crippen LogP contribution is -2.15. The maximum Gasteiger partial charge on any atom is 0.163 e. The predicted octanol–water partition coefficient (Wildman–Crippen LogP) is 3.75. The molecule has 0 amide bonds. The number of rotatable bonds is 2. The molecular weight excluding hydrogens is 276 g/mol. The van der Waals surface area contributed by atoms with Crippen LogP contribution in [0.3, 0.4) is 0 Å². The number of benzene rings is 2. The minimum Gasteiger partial charge on any atom is -0.486 e. The largest absolute Gasteiger partial charge is 0.486 e. The third kappa shape index (κ3) is 2.47. The number of hydrogen-bond donors (Lipinski definition) is 2. The van der Waals surface area contributed by atoms with Crippen LogP contribution in [0.4, 0.5) is 17.1 Å². The van der Waals surface area contributed by atoms with Gasteiger partial charge < -0.3 is 20.5 Å². The van der Waals surface area contributed by atoms with Crippen LogP contribution in [0.25, 0.3) is 0 Å². The van der Waals surface area contributed by atoms with E-state index in [-0.39, 0.29) is 0 Å². The van der Waals surface area contributed by atoms with Gasteiger partial charge in [0.1, 0.15) is 13.2 Å². The summed E-state index contributed by atoms with van der Waals surface area (Å²) in [6.45, 7) is 3.10. The van der Waals surface area contributed by atoms with Crippen LogP contribution in [-0.2, 0) is 0 Å². The van der Waals surface area contributed by atoms with Gasteiger partial charge in [0, 0.05) is 22.8 Å². The molecule has 5 heteroatoms. The van der Waals surface area contributed by atoms with Gasteiger partial charge >= 0.3 is 0 Å². The molecule has 0 aromatic heterocycles. The van der Waals surface area contributed by atoms with Crippen molar-refractivity contribution in [2.75, 3.05) is 24.3 Å². The summed E-state index contributed by atoms with van der Waals surface area (Å²) in [6, 6.07) is 9.31. The van der Waals surface area contributed by atoms with Crippen molar-refractivity contribution < 1.29 is 9.47 Å². The van der Waals surface area contributed by atoms with Crippen LogP contribution >= 0.6 is 11.6 Å². The number of anilines is 3. The Morgan fingerprint density at radius 1 is 1.05 bits per heavy atom. The fourth-order valence-corrected chi connectivity index (χ4v) is 2.26. The van der Waals surface area contributed by atoms with Crippen molar-refractivity contribution in [2.24, 2.45) is 0 Å². The van der Waals surface area contributed by atoms with E-state index < -0.39 is 0 Å². The van der Waals surface area contributed by atoms with Gasteiger partial charge in [0.2, 0.25) is 0 Å². The maximum atomic E-state index is 6.05. The number of nitrogens with one attached hydrogen (secondary N) is 1. The molecule has 2 aromatic rings. The molecule has 0 radical (unpaired) electrons. The molecule has 0 saturated heterocycles. The van der Waals surface area contributed by atoms with Crippen LogP contribution in [0.2, 0.25) is 5.02 Å². The molecule has 3 rings (SSSR count). The number of ether oxygens (including phenoxy) is 2. The molecule has 1 aliphatic heterocycles. The third-order valence-electron chi connectivity index (χ3n) is 3.18. The number of aryl methyl sites for hydroxylation is 1. The van der Waals surface area contributed by atoms with Gasteiger partial charge in [-0.1, -0.05) is 17.7 Å². The standard InChI is InChI=1S/C15H15ClN2O2/c1-9-2-3-10(16)6-12(9)18-13-8-15-14(7-11(13)17)19-4-5-20-15/h2-3,6-8,18H,4-5,17H2,1H3. The summed E-state index contributed by atoms with van der Waals surface area (Å²) < 4.78 is 11.1. The lowest BCUT2D eigenvalue weighted by atomic mass is 10.1. The van der Waals surface area contributed by atoms with E-state index in [4.69, 9.17) is 26.8 Å². The highest BCUT2D eigenvalue weighted by atomic mass is 35.5. The lowest BCUT2D eigenvalue weighted by Gasteiger charge is -2.21. The average molecular weight is 291 g/mol. The first-order valence-electron chi connectivity index (χ1n) is 6.36. The van der Waals surface area contributed by atoms with Crippen LogP contribution in [-0.4, -0.2) is 13.2 Å². The van der Waals surface area contributed by atoms with Crippen molar-refractivity contribution in [3.8, 4) is 11.5 Å². The van der Waals surface area contributed by atoms with Gasteiger partial charge in [0.15, 0.2) is 11.5 Å². The van der Waals surface area contributed by atoms with E-state index in [1.165, 1.54) is 0 Å². The van der Waals surface area contributed by atoms with E-state index >= 15 is 0 Å². The Labute approximate surface area is 122 Å². The number of hydrogen-bond acceptors (Lipinski definition) is 4. The molecule has 3 N–H and O–H groups in total. The lowest BCUT2D eigenvalue weighted by molar-refractivity contribution is 0.172. The Morgan fingerprint density at radius 3 is 2.50 bits per heavy atom. The van der Waals surface area contributed by atoms with Crippen LogP contribution in [0.5, 0.6) is 11.5 Å². The Morgan fingerprint density at radius 2 is 1.75 bits per heavy atom. The zero-order valence-electron chi connectivity index (χ0n) is 11.1. The van der Waals surface area contributed by atoms with E-state index in [0.29, 0.717) is 35.4 Å². The fourth-order valence-electron chi connectivity index (χ4n) is 2.09. The van der Waals surface area contributed by atoms with Gasteiger partial charge in [-0.15, -0.1) is 0 Å². The highest BCUT2D eigenvalue weighted by Gasteiger charge is 2.15. The average Bonchev–Trinajstić information content (AvgIpc) is 2.43. The summed E-state index contributed by atoms with van der Waals surface area (Å²) in [4.78, 5) is 0. The molecule has 4 nitrogen and oxygen atoms in total. The Hall–Kier alpha value is -2.07. The van der Waals surface area contributed by atoms with E-state index in [1.54, 1.807) is 6.07 Å². The molecule has 1 aliphatic rings. The topological polar surface area (TPSA) is 56.5 Å². The van der Waals surface area contributed by atoms with Crippen LogP contribution in [0, 0.1) is 6.92 Å². The fraction of sp³-hybridized carbons (Fsp3) is 0.200. The highest BCUT2D eigenvalue weighted by molar-refractivity contribution is 6.30. The molecule has 0 unspecified atom stereocenters. The second kappa shape index (κ2) is 5.13. The summed E-state index contributed by atoms with van der Waals surface area (Å²) in [7, 11) is 0. The molecule has 0 atom stereocenters. The van der Waals surface area contributed by atoms with Crippen LogP contribution in [0.15, 0.2) is 30.3 Å². The monoisotopic (exact) mass is 290 g/mol. The first kappa shape index (κ1) is 12.9. The minimum absolute atomic E-state index is 0.548. The second-order valence-electron chi connectivity index (χ2n) is 4.67. The zero-order valence-corrected chi connectivity index (χ0v) is 11.8. The maximum absolute atomic E-state index is 6.05. The van der Waals surface area contributed by atoms with Crippen molar-refractivity contribution in [1.29, 1.82) is 0 Å². The smallest absolute Gasteiger partial charge is 0.163 e. The summed E-state index contributed by atoms with van der Waals surface area (Å²) >= 11 is 6.02. The van der Waals surface area contributed by atoms with Crippen molar-refractivity contribution in [2.45, 2.75) is 6.92 Å². The molecular formula is C15H15ClN2O2. The van der Waals surface area contributed by atoms with Gasteiger partial charge in [-0.25, -0.2) is 0 Å². The first-order valence-corrected chi connectivity index (χ1v) is 6.73. The van der Waals surface area contributed by atoms with Crippen molar-refractivity contribution in [3.63, 3.8) is 0 Å². The SMILES string of the molecule is Cc1ccc(Cl)cc1Nc1cc2c(cc1N)OCCO2. The van der Waals surface area contributed by atoms with Crippen molar-refractivity contribution >= 4 is 28.7 Å². The van der Waals surface area contributed by atoms with Gasteiger partial charge in [-0.05, 0) is 24.6 Å². The van der Waals surface area contributed by atoms with Crippen molar-refractivity contribution in [1.82, 2.24) is 0 Å². The molecule has 0 fully saturated rings. The van der Waals surface area contributed by atoms with E-state index in [0.717, 1.165) is 16.9 Å². The number of halogens is 1. The van der Waals surface area contributed by atoms with Gasteiger partial charge in [0.25, 0.3) is 0 Å². The summed E-state index contributed by atoms with van der Waals surface area (Å²) in [5.74, 6) is 1.38. The quantitative estimate of drug-likeness (QED) is 0.827. The molecule has 1 heterocycles. The summed E-state index contributed by atoms with van der Waals surface area (Å²) in [5.41, 5.74) is 9.44. The number of nitrogen functional groups attached to an aromatic ring is 1. The number of nitrogens with two attached hydrogens (primary N) is 1. The number of fused-ring (bicyclic) bond motifs is 1. The van der Waals surface area contributed by atoms with Crippen molar-refractivity contribution in [3.05, 3.63) is 40.9 Å². The van der Waals surface area contributed by atoms with Gasteiger partial charge in [-0.2, -0.15) is 0 Å². The van der Waals surface area contributed by atoms with Crippen LogP contribution in [0.1, 0.15) is 5.56 Å².